The first-order valence-corrected chi connectivity index (χ1v) is 12.9. The third-order valence-electron chi connectivity index (χ3n) is 7.14. The molecule has 4 atom stereocenters. The van der Waals surface area contributed by atoms with Crippen molar-refractivity contribution in [3.8, 4) is 0 Å². The van der Waals surface area contributed by atoms with E-state index < -0.39 is 6.29 Å². The molecule has 5 rings (SSSR count). The van der Waals surface area contributed by atoms with Gasteiger partial charge in [-0.25, -0.2) is 0 Å². The Labute approximate surface area is 218 Å². The van der Waals surface area contributed by atoms with Crippen LogP contribution in [0.15, 0.2) is 78.9 Å². The van der Waals surface area contributed by atoms with Crippen LogP contribution in [0.2, 0.25) is 0 Å². The molecule has 194 valence electrons. The van der Waals surface area contributed by atoms with Gasteiger partial charge in [0.1, 0.15) is 0 Å². The fourth-order valence-electron chi connectivity index (χ4n) is 4.88. The van der Waals surface area contributed by atoms with Crippen LogP contribution in [0.4, 0.5) is 5.69 Å². The number of carbonyl (C=O) groups is 1. The lowest BCUT2D eigenvalue weighted by molar-refractivity contribution is -0.277. The number of ether oxygens (including phenoxy) is 3. The van der Waals surface area contributed by atoms with Crippen molar-refractivity contribution >= 4 is 11.6 Å². The Morgan fingerprint density at radius 1 is 0.919 bits per heavy atom. The average molecular weight is 503 g/mol. The van der Waals surface area contributed by atoms with Crippen molar-refractivity contribution in [2.75, 3.05) is 38.2 Å². The number of carbonyl (C=O) groups excluding carboxylic acids is 1. The quantitative estimate of drug-likeness (QED) is 0.493. The van der Waals surface area contributed by atoms with Crippen molar-refractivity contribution < 1.29 is 24.1 Å². The zero-order chi connectivity index (χ0) is 25.6. The van der Waals surface area contributed by atoms with Gasteiger partial charge in [-0.1, -0.05) is 61.5 Å². The molecule has 0 bridgehead atoms. The zero-order valence-corrected chi connectivity index (χ0v) is 21.1. The third kappa shape index (κ3) is 6.26. The molecule has 2 saturated heterocycles. The highest BCUT2D eigenvalue weighted by molar-refractivity contribution is 6.04. The van der Waals surface area contributed by atoms with Crippen molar-refractivity contribution in [3.05, 3.63) is 101 Å². The van der Waals surface area contributed by atoms with Gasteiger partial charge in [0.25, 0.3) is 5.91 Å². The van der Waals surface area contributed by atoms with Crippen LogP contribution in [0.5, 0.6) is 0 Å². The lowest BCUT2D eigenvalue weighted by Gasteiger charge is -2.43. The van der Waals surface area contributed by atoms with E-state index in [9.17, 15) is 9.90 Å². The van der Waals surface area contributed by atoms with Crippen LogP contribution in [0.3, 0.4) is 0 Å². The van der Waals surface area contributed by atoms with Gasteiger partial charge in [-0.15, -0.1) is 0 Å². The molecule has 7 heteroatoms. The van der Waals surface area contributed by atoms with Crippen molar-refractivity contribution in [3.63, 3.8) is 0 Å². The Kier molecular flexibility index (Phi) is 8.28. The SMILES string of the molecule is C[C@@H]1[C@H](CN2CCOCC2)O[C@H](c2ccc(NC(=O)c3ccccc3)cc2)O[C@@H]1c1ccc(CO)cc1. The largest absolute Gasteiger partial charge is 0.392 e. The monoisotopic (exact) mass is 502 g/mol. The van der Waals surface area contributed by atoms with Crippen LogP contribution in [0.1, 0.15) is 46.4 Å². The molecule has 2 N–H and O–H groups in total. The summed E-state index contributed by atoms with van der Waals surface area (Å²) in [6.07, 6.45) is -0.726. The number of nitrogens with one attached hydrogen (secondary N) is 1. The molecule has 2 heterocycles. The molecule has 3 aromatic carbocycles. The number of amides is 1. The molecule has 0 unspecified atom stereocenters. The molecule has 0 spiro atoms. The van der Waals surface area contributed by atoms with Crippen molar-refractivity contribution in [2.24, 2.45) is 5.92 Å². The van der Waals surface area contributed by atoms with E-state index in [2.05, 4.69) is 17.1 Å². The first-order valence-electron chi connectivity index (χ1n) is 12.9. The Balaban J connectivity index is 1.34. The fraction of sp³-hybridized carbons (Fsp3) is 0.367. The van der Waals surface area contributed by atoms with Crippen molar-refractivity contribution in [1.82, 2.24) is 4.90 Å². The second-order valence-corrected chi connectivity index (χ2v) is 9.68. The molecular weight excluding hydrogens is 468 g/mol. The van der Waals surface area contributed by atoms with E-state index in [0.29, 0.717) is 11.3 Å². The summed E-state index contributed by atoms with van der Waals surface area (Å²) in [4.78, 5) is 14.9. The van der Waals surface area contributed by atoms with Crippen LogP contribution in [-0.4, -0.2) is 54.9 Å². The number of anilines is 1. The number of aliphatic hydroxyl groups excluding tert-OH is 1. The number of morpholine rings is 1. The van der Waals surface area contributed by atoms with Gasteiger partial charge in [-0.05, 0) is 35.4 Å². The molecule has 3 aromatic rings. The van der Waals surface area contributed by atoms with E-state index in [0.717, 1.165) is 49.5 Å². The minimum absolute atomic E-state index is 0.0138. The normalized spacial score (nSPS) is 24.5. The number of benzene rings is 3. The van der Waals surface area contributed by atoms with Crippen LogP contribution in [0, 0.1) is 5.92 Å². The van der Waals surface area contributed by atoms with Crippen molar-refractivity contribution in [2.45, 2.75) is 32.0 Å². The first kappa shape index (κ1) is 25.6. The summed E-state index contributed by atoms with van der Waals surface area (Å²) in [5.74, 6) is -0.0205. The molecule has 0 aliphatic carbocycles. The van der Waals surface area contributed by atoms with E-state index in [1.807, 2.05) is 66.7 Å². The molecule has 0 aromatic heterocycles. The van der Waals surface area contributed by atoms with Gasteiger partial charge in [0, 0.05) is 42.4 Å². The molecule has 2 aliphatic rings. The summed E-state index contributed by atoms with van der Waals surface area (Å²) in [6.45, 7) is 6.26. The highest BCUT2D eigenvalue weighted by Gasteiger charge is 2.39. The van der Waals surface area contributed by atoms with Gasteiger partial charge in [-0.3, -0.25) is 9.69 Å². The maximum absolute atomic E-state index is 12.5. The standard InChI is InChI=1S/C30H34N2O5/c1-21-27(19-32-15-17-35-18-16-32)36-30(37-28(21)23-9-7-22(20-33)8-10-23)25-11-13-26(14-12-25)31-29(34)24-5-3-2-4-6-24/h2-14,21,27-28,30,33H,15-20H2,1H3,(H,31,34)/t21-,27+,28+,30+/m1/s1. The highest BCUT2D eigenvalue weighted by atomic mass is 16.7. The third-order valence-corrected chi connectivity index (χ3v) is 7.14. The summed E-state index contributed by atoms with van der Waals surface area (Å²) >= 11 is 0. The summed E-state index contributed by atoms with van der Waals surface area (Å²) in [6, 6.07) is 24.7. The predicted octanol–water partition coefficient (Wildman–Crippen LogP) is 4.55. The van der Waals surface area contributed by atoms with Crippen molar-refractivity contribution in [1.29, 1.82) is 0 Å². The highest BCUT2D eigenvalue weighted by Crippen LogP contribution is 2.42. The number of nitrogens with zero attached hydrogens (tertiary/aromatic N) is 1. The molecule has 0 radical (unpaired) electrons. The lowest BCUT2D eigenvalue weighted by atomic mass is 9.90. The molecule has 1 amide bonds. The van der Waals surface area contributed by atoms with E-state index >= 15 is 0 Å². The van der Waals surface area contributed by atoms with Gasteiger partial charge in [0.05, 0.1) is 32.0 Å². The van der Waals surface area contributed by atoms with Gasteiger partial charge in [0.15, 0.2) is 6.29 Å². The topological polar surface area (TPSA) is 80.3 Å². The summed E-state index contributed by atoms with van der Waals surface area (Å²) in [7, 11) is 0. The molecule has 2 aliphatic heterocycles. The summed E-state index contributed by atoms with van der Waals surface area (Å²) in [5.41, 5.74) is 4.16. The van der Waals surface area contributed by atoms with Gasteiger partial charge >= 0.3 is 0 Å². The molecule has 2 fully saturated rings. The van der Waals surface area contributed by atoms with E-state index in [1.165, 1.54) is 0 Å². The average Bonchev–Trinajstić information content (AvgIpc) is 2.96. The Hall–Kier alpha value is -3.07. The fourth-order valence-corrected chi connectivity index (χ4v) is 4.88. The minimum atomic E-state index is -0.538. The Morgan fingerprint density at radius 3 is 2.27 bits per heavy atom. The maximum atomic E-state index is 12.5. The lowest BCUT2D eigenvalue weighted by Crippen LogP contribution is -2.47. The van der Waals surface area contributed by atoms with Crippen LogP contribution in [0.25, 0.3) is 0 Å². The van der Waals surface area contributed by atoms with Crippen LogP contribution >= 0.6 is 0 Å². The summed E-state index contributed by atoms with van der Waals surface area (Å²) < 4.78 is 18.6. The molecule has 7 nitrogen and oxygen atoms in total. The number of rotatable bonds is 7. The zero-order valence-electron chi connectivity index (χ0n) is 21.1. The van der Waals surface area contributed by atoms with E-state index in [4.69, 9.17) is 14.2 Å². The second-order valence-electron chi connectivity index (χ2n) is 9.68. The predicted molar refractivity (Wildman–Crippen MR) is 141 cm³/mol. The van der Waals surface area contributed by atoms with Gasteiger partial charge in [-0.2, -0.15) is 0 Å². The van der Waals surface area contributed by atoms with Gasteiger partial charge in [0.2, 0.25) is 0 Å². The maximum Gasteiger partial charge on any atom is 0.255 e. The smallest absolute Gasteiger partial charge is 0.255 e. The molecule has 37 heavy (non-hydrogen) atoms. The molecule has 0 saturated carbocycles. The molecular formula is C30H34N2O5. The number of aliphatic hydroxyl groups is 1. The first-order chi connectivity index (χ1) is 18.1. The van der Waals surface area contributed by atoms with E-state index in [1.54, 1.807) is 12.1 Å². The minimum Gasteiger partial charge on any atom is -0.392 e. The Morgan fingerprint density at radius 2 is 1.59 bits per heavy atom. The van der Waals surface area contributed by atoms with Gasteiger partial charge < -0.3 is 24.6 Å². The number of hydrogen-bond acceptors (Lipinski definition) is 6. The van der Waals surface area contributed by atoms with E-state index in [-0.39, 0.29) is 30.6 Å². The second kappa shape index (κ2) is 12.0. The number of hydrogen-bond donors (Lipinski definition) is 2. The summed E-state index contributed by atoms with van der Waals surface area (Å²) in [5, 5.41) is 12.4. The van der Waals surface area contributed by atoms with Crippen LogP contribution in [-0.2, 0) is 20.8 Å². The van der Waals surface area contributed by atoms with Crippen LogP contribution < -0.4 is 5.32 Å². The Bertz CT molecular complexity index is 1150.